The molecule has 0 atom stereocenters. The van der Waals surface area contributed by atoms with Gasteiger partial charge in [-0.2, -0.15) is 5.10 Å². The predicted molar refractivity (Wildman–Crippen MR) is 78.6 cm³/mol. The van der Waals surface area contributed by atoms with Crippen LogP contribution in [0.25, 0.3) is 0 Å². The summed E-state index contributed by atoms with van der Waals surface area (Å²) in [5, 5.41) is 7.44. The number of aryl methyl sites for hydroxylation is 2. The molecule has 0 saturated carbocycles. The third kappa shape index (κ3) is 3.58. The Balaban J connectivity index is 1.89. The number of piperidine rings is 1. The Labute approximate surface area is 120 Å². The minimum Gasteiger partial charge on any atom is -0.348 e. The first-order chi connectivity index (χ1) is 9.63. The molecule has 0 aliphatic carbocycles. The van der Waals surface area contributed by atoms with Crippen molar-refractivity contribution in [3.63, 3.8) is 0 Å². The molecule has 6 heteroatoms. The predicted octanol–water partition coefficient (Wildman–Crippen LogP) is 0.364. The molecule has 6 nitrogen and oxygen atoms in total. The molecule has 0 unspecified atom stereocenters. The molecule has 2 heterocycles. The fourth-order valence-electron chi connectivity index (χ4n) is 2.71. The summed E-state index contributed by atoms with van der Waals surface area (Å²) in [5.41, 5.74) is 7.11. The average Bonchev–Trinajstić information content (AvgIpc) is 2.82. The van der Waals surface area contributed by atoms with E-state index in [9.17, 15) is 4.79 Å². The molecule has 1 fully saturated rings. The highest BCUT2D eigenvalue weighted by Crippen LogP contribution is 2.11. The highest BCUT2D eigenvalue weighted by molar-refractivity contribution is 5.92. The number of nitrogens with one attached hydrogen (secondary N) is 1. The van der Waals surface area contributed by atoms with Gasteiger partial charge >= 0.3 is 0 Å². The Kier molecular flexibility index (Phi) is 5.14. The molecule has 0 bridgehead atoms. The van der Waals surface area contributed by atoms with Crippen LogP contribution in [-0.4, -0.2) is 52.8 Å². The Morgan fingerprint density at radius 3 is 2.80 bits per heavy atom. The number of hydrogen-bond donors (Lipinski definition) is 2. The Morgan fingerprint density at radius 1 is 1.50 bits per heavy atom. The van der Waals surface area contributed by atoms with Crippen LogP contribution in [0.4, 0.5) is 0 Å². The van der Waals surface area contributed by atoms with E-state index in [1.54, 1.807) is 4.68 Å². The number of aromatic nitrogens is 2. The summed E-state index contributed by atoms with van der Waals surface area (Å²) < 4.78 is 1.76. The van der Waals surface area contributed by atoms with Crippen molar-refractivity contribution >= 4 is 5.91 Å². The molecule has 1 aromatic heterocycles. The van der Waals surface area contributed by atoms with Crippen molar-refractivity contribution < 1.29 is 4.79 Å². The van der Waals surface area contributed by atoms with E-state index >= 15 is 0 Å². The van der Waals surface area contributed by atoms with Crippen LogP contribution in [-0.2, 0) is 6.54 Å². The van der Waals surface area contributed by atoms with Crippen molar-refractivity contribution in [2.75, 3.05) is 26.2 Å². The van der Waals surface area contributed by atoms with Crippen molar-refractivity contribution in [1.82, 2.24) is 20.0 Å². The van der Waals surface area contributed by atoms with E-state index in [4.69, 9.17) is 5.73 Å². The second-order valence-electron chi connectivity index (χ2n) is 5.36. The maximum atomic E-state index is 12.3. The number of likely N-dealkylation sites (tertiary alicyclic amines) is 1. The molecule has 112 valence electrons. The molecule has 1 saturated heterocycles. The molecule has 0 spiro atoms. The van der Waals surface area contributed by atoms with Crippen molar-refractivity contribution in [1.29, 1.82) is 0 Å². The first kappa shape index (κ1) is 15.0. The van der Waals surface area contributed by atoms with Crippen LogP contribution in [0.1, 0.15) is 35.9 Å². The molecule has 1 amide bonds. The number of hydrogen-bond acceptors (Lipinski definition) is 4. The SMILES string of the molecule is CCn1nc(C)cc1C(=O)NC1CCN(CCN)CC1. The van der Waals surface area contributed by atoms with Gasteiger partial charge in [0.15, 0.2) is 0 Å². The molecule has 20 heavy (non-hydrogen) atoms. The summed E-state index contributed by atoms with van der Waals surface area (Å²) >= 11 is 0. The minimum absolute atomic E-state index is 0.00951. The Hall–Kier alpha value is -1.40. The molecule has 0 radical (unpaired) electrons. The van der Waals surface area contributed by atoms with Crippen molar-refractivity contribution in [2.24, 2.45) is 5.73 Å². The van der Waals surface area contributed by atoms with Gasteiger partial charge in [0.05, 0.1) is 5.69 Å². The van der Waals surface area contributed by atoms with E-state index in [-0.39, 0.29) is 11.9 Å². The summed E-state index contributed by atoms with van der Waals surface area (Å²) in [7, 11) is 0. The van der Waals surface area contributed by atoms with Gasteiger partial charge in [-0.05, 0) is 32.8 Å². The van der Waals surface area contributed by atoms with Crippen molar-refractivity contribution in [3.05, 3.63) is 17.5 Å². The zero-order valence-corrected chi connectivity index (χ0v) is 12.4. The van der Waals surface area contributed by atoms with E-state index < -0.39 is 0 Å². The quantitative estimate of drug-likeness (QED) is 0.816. The zero-order valence-electron chi connectivity index (χ0n) is 12.4. The lowest BCUT2D eigenvalue weighted by Crippen LogP contribution is -2.46. The second kappa shape index (κ2) is 6.85. The lowest BCUT2D eigenvalue weighted by atomic mass is 10.0. The number of amides is 1. The first-order valence-electron chi connectivity index (χ1n) is 7.41. The molecule has 1 aromatic rings. The van der Waals surface area contributed by atoms with E-state index in [2.05, 4.69) is 15.3 Å². The smallest absolute Gasteiger partial charge is 0.269 e. The van der Waals surface area contributed by atoms with Gasteiger partial charge in [0, 0.05) is 38.8 Å². The van der Waals surface area contributed by atoms with Gasteiger partial charge in [0.2, 0.25) is 0 Å². The van der Waals surface area contributed by atoms with Crippen LogP contribution >= 0.6 is 0 Å². The van der Waals surface area contributed by atoms with Gasteiger partial charge in [0.1, 0.15) is 5.69 Å². The largest absolute Gasteiger partial charge is 0.348 e. The molecular formula is C14H25N5O. The number of carbonyl (C=O) groups is 1. The summed E-state index contributed by atoms with van der Waals surface area (Å²) in [6.07, 6.45) is 1.98. The van der Waals surface area contributed by atoms with Crippen LogP contribution in [0.3, 0.4) is 0 Å². The summed E-state index contributed by atoms with van der Waals surface area (Å²) in [4.78, 5) is 14.7. The van der Waals surface area contributed by atoms with Gasteiger partial charge in [-0.15, -0.1) is 0 Å². The molecule has 2 rings (SSSR count). The standard InChI is InChI=1S/C14H25N5O/c1-3-19-13(10-11(2)17-19)14(20)16-12-4-7-18(8-5-12)9-6-15/h10,12H,3-9,15H2,1-2H3,(H,16,20). The number of nitrogens with zero attached hydrogens (tertiary/aromatic N) is 3. The topological polar surface area (TPSA) is 76.2 Å². The second-order valence-corrected chi connectivity index (χ2v) is 5.36. The van der Waals surface area contributed by atoms with Gasteiger partial charge in [0.25, 0.3) is 5.91 Å². The summed E-state index contributed by atoms with van der Waals surface area (Å²) in [5.74, 6) is -0.00951. The van der Waals surface area contributed by atoms with Gasteiger partial charge in [-0.3, -0.25) is 9.48 Å². The van der Waals surface area contributed by atoms with Crippen molar-refractivity contribution in [3.8, 4) is 0 Å². The van der Waals surface area contributed by atoms with Crippen LogP contribution in [0.2, 0.25) is 0 Å². The average molecular weight is 279 g/mol. The van der Waals surface area contributed by atoms with Gasteiger partial charge < -0.3 is 16.0 Å². The van der Waals surface area contributed by atoms with Crippen LogP contribution < -0.4 is 11.1 Å². The molecule has 3 N–H and O–H groups in total. The lowest BCUT2D eigenvalue weighted by molar-refractivity contribution is 0.0901. The van der Waals surface area contributed by atoms with Gasteiger partial charge in [-0.25, -0.2) is 0 Å². The summed E-state index contributed by atoms with van der Waals surface area (Å²) in [6, 6.07) is 2.11. The number of nitrogens with two attached hydrogens (primary N) is 1. The summed E-state index contributed by atoms with van der Waals surface area (Å²) in [6.45, 7) is 8.28. The fourth-order valence-corrected chi connectivity index (χ4v) is 2.71. The van der Waals surface area contributed by atoms with E-state index in [0.29, 0.717) is 18.8 Å². The first-order valence-corrected chi connectivity index (χ1v) is 7.41. The van der Waals surface area contributed by atoms with Crippen molar-refractivity contribution in [2.45, 2.75) is 39.3 Å². The molecule has 0 aromatic carbocycles. The van der Waals surface area contributed by atoms with E-state index in [0.717, 1.165) is 38.2 Å². The minimum atomic E-state index is -0.00951. The van der Waals surface area contributed by atoms with Gasteiger partial charge in [-0.1, -0.05) is 0 Å². The monoisotopic (exact) mass is 279 g/mol. The molecule has 1 aliphatic heterocycles. The Bertz CT molecular complexity index is 448. The highest BCUT2D eigenvalue weighted by atomic mass is 16.2. The zero-order chi connectivity index (χ0) is 14.5. The fraction of sp³-hybridized carbons (Fsp3) is 0.714. The molecule has 1 aliphatic rings. The normalized spacial score (nSPS) is 17.4. The van der Waals surface area contributed by atoms with Crippen LogP contribution in [0, 0.1) is 6.92 Å². The number of carbonyl (C=O) groups excluding carboxylic acids is 1. The number of rotatable bonds is 5. The lowest BCUT2D eigenvalue weighted by Gasteiger charge is -2.31. The van der Waals surface area contributed by atoms with E-state index in [1.165, 1.54) is 0 Å². The van der Waals surface area contributed by atoms with E-state index in [1.807, 2.05) is 19.9 Å². The highest BCUT2D eigenvalue weighted by Gasteiger charge is 2.22. The maximum absolute atomic E-state index is 12.3. The molecular weight excluding hydrogens is 254 g/mol. The van der Waals surface area contributed by atoms with Crippen LogP contribution in [0.15, 0.2) is 6.07 Å². The third-order valence-corrected chi connectivity index (χ3v) is 3.80. The van der Waals surface area contributed by atoms with Crippen LogP contribution in [0.5, 0.6) is 0 Å². The Morgan fingerprint density at radius 2 is 2.20 bits per heavy atom. The maximum Gasteiger partial charge on any atom is 0.269 e. The third-order valence-electron chi connectivity index (χ3n) is 3.80.